The van der Waals surface area contributed by atoms with E-state index in [1.54, 1.807) is 19.9 Å². The fourth-order valence-corrected chi connectivity index (χ4v) is 7.46. The lowest BCUT2D eigenvalue weighted by atomic mass is 9.92. The lowest BCUT2D eigenvalue weighted by Gasteiger charge is -2.34. The lowest BCUT2D eigenvalue weighted by Crippen LogP contribution is -2.39. The van der Waals surface area contributed by atoms with Gasteiger partial charge in [-0.25, -0.2) is 13.4 Å². The standard InChI is InChI=1S/C29H39FN4O2S/c1-19(2)37(31,35)28-14-25(30)5-6-26(28)34-18-24(29-20(3)15-32-16-27(29)34)13-22-7-10-33(17-22)21(4)23-8-11-36-12-9-23/h5-6,14-16,18-19,21-23,31H,7-13,17H2,1-4H3/t21-,22+,37-/m1/s1. The number of aryl methyl sites for hydroxylation is 1. The molecule has 3 aromatic rings. The van der Waals surface area contributed by atoms with Gasteiger partial charge in [0.1, 0.15) is 5.82 Å². The molecule has 1 aromatic carbocycles. The second-order valence-corrected chi connectivity index (χ2v) is 13.8. The van der Waals surface area contributed by atoms with Crippen LogP contribution < -0.4 is 0 Å². The zero-order valence-electron chi connectivity index (χ0n) is 22.4. The summed E-state index contributed by atoms with van der Waals surface area (Å²) in [5, 5.41) is 0.721. The number of likely N-dealkylation sites (tertiary alicyclic amines) is 1. The van der Waals surface area contributed by atoms with Gasteiger partial charge in [0.2, 0.25) is 0 Å². The molecule has 0 unspecified atom stereocenters. The Morgan fingerprint density at radius 2 is 1.95 bits per heavy atom. The Balaban J connectivity index is 1.48. The molecule has 0 spiro atoms. The minimum Gasteiger partial charge on any atom is -0.381 e. The van der Waals surface area contributed by atoms with E-state index in [1.807, 2.05) is 17.0 Å². The van der Waals surface area contributed by atoms with Crippen LogP contribution in [0.1, 0.15) is 51.2 Å². The number of halogens is 1. The summed E-state index contributed by atoms with van der Waals surface area (Å²) in [5.41, 5.74) is 3.83. The number of benzene rings is 1. The molecule has 5 rings (SSSR count). The van der Waals surface area contributed by atoms with Crippen LogP contribution in [0.2, 0.25) is 0 Å². The monoisotopic (exact) mass is 526 g/mol. The van der Waals surface area contributed by atoms with Crippen LogP contribution in [0.25, 0.3) is 16.6 Å². The Kier molecular flexibility index (Phi) is 7.44. The van der Waals surface area contributed by atoms with Crippen LogP contribution in [-0.2, 0) is 20.9 Å². The van der Waals surface area contributed by atoms with Gasteiger partial charge in [-0.15, -0.1) is 0 Å². The van der Waals surface area contributed by atoms with Gasteiger partial charge in [0.25, 0.3) is 0 Å². The van der Waals surface area contributed by atoms with Crippen molar-refractivity contribution in [1.82, 2.24) is 14.5 Å². The number of pyridine rings is 1. The maximum atomic E-state index is 14.3. The predicted octanol–water partition coefficient (Wildman–Crippen LogP) is 5.97. The van der Waals surface area contributed by atoms with Gasteiger partial charge in [0, 0.05) is 48.8 Å². The van der Waals surface area contributed by atoms with Crippen LogP contribution in [0.4, 0.5) is 4.39 Å². The average Bonchev–Trinajstić information content (AvgIpc) is 3.50. The van der Waals surface area contributed by atoms with Crippen molar-refractivity contribution in [3.63, 3.8) is 0 Å². The van der Waals surface area contributed by atoms with Crippen molar-refractivity contribution in [3.05, 3.63) is 53.7 Å². The molecular formula is C29H39FN4O2S. The van der Waals surface area contributed by atoms with Gasteiger partial charge < -0.3 is 14.2 Å². The quantitative estimate of drug-likeness (QED) is 0.412. The van der Waals surface area contributed by atoms with Crippen molar-refractivity contribution in [2.24, 2.45) is 11.8 Å². The van der Waals surface area contributed by atoms with E-state index in [9.17, 15) is 8.60 Å². The SMILES string of the molecule is Cc1cncc2c1c(C[C@@H]1CCN([C@H](C)C3CCOCC3)C1)cn2-c1ccc(F)cc1[S@](=N)(=O)C(C)C. The molecule has 2 aliphatic heterocycles. The summed E-state index contributed by atoms with van der Waals surface area (Å²) in [6, 6.07) is 4.88. The van der Waals surface area contributed by atoms with Crippen LogP contribution in [0.3, 0.4) is 0 Å². The molecule has 8 heteroatoms. The number of hydrogen-bond acceptors (Lipinski definition) is 5. The molecule has 200 valence electrons. The first kappa shape index (κ1) is 26.3. The average molecular weight is 527 g/mol. The van der Waals surface area contributed by atoms with Crippen molar-refractivity contribution in [2.75, 3.05) is 26.3 Å². The zero-order chi connectivity index (χ0) is 26.3. The first-order valence-corrected chi connectivity index (χ1v) is 15.1. The summed E-state index contributed by atoms with van der Waals surface area (Å²) < 4.78 is 43.9. The van der Waals surface area contributed by atoms with Gasteiger partial charge in [-0.3, -0.25) is 4.98 Å². The van der Waals surface area contributed by atoms with E-state index in [4.69, 9.17) is 9.52 Å². The first-order chi connectivity index (χ1) is 17.7. The van der Waals surface area contributed by atoms with Crippen molar-refractivity contribution < 1.29 is 13.3 Å². The van der Waals surface area contributed by atoms with Gasteiger partial charge in [-0.1, -0.05) is 0 Å². The molecule has 0 bridgehead atoms. The van der Waals surface area contributed by atoms with Crippen LogP contribution in [0.15, 0.2) is 41.7 Å². The molecule has 6 nitrogen and oxygen atoms in total. The molecular weight excluding hydrogens is 487 g/mol. The zero-order valence-corrected chi connectivity index (χ0v) is 23.2. The van der Waals surface area contributed by atoms with E-state index in [1.165, 1.54) is 24.1 Å². The maximum Gasteiger partial charge on any atom is 0.124 e. The summed E-state index contributed by atoms with van der Waals surface area (Å²) in [4.78, 5) is 7.34. The fourth-order valence-electron chi connectivity index (χ4n) is 6.19. The molecule has 2 aliphatic rings. The number of nitrogens with one attached hydrogen (secondary N) is 1. The first-order valence-electron chi connectivity index (χ1n) is 13.5. The Morgan fingerprint density at radius 1 is 1.19 bits per heavy atom. The third kappa shape index (κ3) is 5.08. The van der Waals surface area contributed by atoms with Crippen LogP contribution >= 0.6 is 0 Å². The van der Waals surface area contributed by atoms with Gasteiger partial charge >= 0.3 is 0 Å². The van der Waals surface area contributed by atoms with Crippen molar-refractivity contribution in [2.45, 2.75) is 69.6 Å². The molecule has 0 radical (unpaired) electrons. The van der Waals surface area contributed by atoms with Crippen molar-refractivity contribution in [3.8, 4) is 5.69 Å². The summed E-state index contributed by atoms with van der Waals surface area (Å²) in [7, 11) is -3.19. The van der Waals surface area contributed by atoms with Crippen LogP contribution in [0, 0.1) is 29.4 Å². The number of rotatable bonds is 7. The highest BCUT2D eigenvalue weighted by molar-refractivity contribution is 7.93. The molecule has 1 N–H and O–H groups in total. The van der Waals surface area contributed by atoms with Crippen LogP contribution in [-0.4, -0.2) is 56.3 Å². The summed E-state index contributed by atoms with van der Waals surface area (Å²) >= 11 is 0. The summed E-state index contributed by atoms with van der Waals surface area (Å²) in [6.45, 7) is 11.9. The van der Waals surface area contributed by atoms with E-state index >= 15 is 0 Å². The van der Waals surface area contributed by atoms with Crippen molar-refractivity contribution in [1.29, 1.82) is 4.78 Å². The minimum atomic E-state index is -3.19. The van der Waals surface area contributed by atoms with Crippen molar-refractivity contribution >= 4 is 20.6 Å². The van der Waals surface area contributed by atoms with E-state index in [0.717, 1.165) is 62.0 Å². The Bertz CT molecular complexity index is 1380. The Hall–Kier alpha value is -2.29. The maximum absolute atomic E-state index is 14.3. The molecule has 37 heavy (non-hydrogen) atoms. The third-order valence-electron chi connectivity index (χ3n) is 8.50. The number of ether oxygens (including phenoxy) is 1. The third-order valence-corrected chi connectivity index (χ3v) is 10.8. The number of aromatic nitrogens is 2. The topological polar surface area (TPSA) is 71.2 Å². The second kappa shape index (κ2) is 10.5. The minimum absolute atomic E-state index is 0.241. The molecule has 0 amide bonds. The molecule has 4 heterocycles. The second-order valence-electron chi connectivity index (χ2n) is 11.2. The van der Waals surface area contributed by atoms with Gasteiger partial charge in [0.05, 0.1) is 32.0 Å². The summed E-state index contributed by atoms with van der Waals surface area (Å²) in [5.74, 6) is 0.785. The Labute approximate surface area is 220 Å². The highest BCUT2D eigenvalue weighted by Gasteiger charge is 2.32. The molecule has 2 fully saturated rings. The molecule has 0 saturated carbocycles. The molecule has 2 saturated heterocycles. The molecule has 2 aromatic heterocycles. The van der Waals surface area contributed by atoms with Gasteiger partial charge in [-0.05, 0) is 101 Å². The lowest BCUT2D eigenvalue weighted by molar-refractivity contribution is 0.0348. The fraction of sp³-hybridized carbons (Fsp3) is 0.552. The van der Waals surface area contributed by atoms with Gasteiger partial charge in [0.15, 0.2) is 0 Å². The summed E-state index contributed by atoms with van der Waals surface area (Å²) in [6.07, 6.45) is 10.2. The molecule has 0 aliphatic carbocycles. The van der Waals surface area contributed by atoms with Gasteiger partial charge in [-0.2, -0.15) is 0 Å². The normalized spacial score (nSPS) is 22.1. The van der Waals surface area contributed by atoms with E-state index < -0.39 is 20.8 Å². The number of hydrogen-bond donors (Lipinski definition) is 1. The van der Waals surface area contributed by atoms with Crippen LogP contribution in [0.5, 0.6) is 0 Å². The number of fused-ring (bicyclic) bond motifs is 1. The van der Waals surface area contributed by atoms with E-state index in [0.29, 0.717) is 23.6 Å². The van der Waals surface area contributed by atoms with E-state index in [2.05, 4.69) is 29.9 Å². The van der Waals surface area contributed by atoms with E-state index in [-0.39, 0.29) is 4.90 Å². The number of nitrogens with zero attached hydrogens (tertiary/aromatic N) is 3. The molecule has 3 atom stereocenters. The highest BCUT2D eigenvalue weighted by Crippen LogP contribution is 2.35. The smallest absolute Gasteiger partial charge is 0.124 e. The largest absolute Gasteiger partial charge is 0.381 e. The Morgan fingerprint density at radius 3 is 2.68 bits per heavy atom. The predicted molar refractivity (Wildman–Crippen MR) is 146 cm³/mol. The highest BCUT2D eigenvalue weighted by atomic mass is 32.2.